The number of carbonyl (C=O) groups excluding carboxylic acids is 2. The Morgan fingerprint density at radius 3 is 2.38 bits per heavy atom. The number of primary amides is 1. The Morgan fingerprint density at radius 1 is 1.00 bits per heavy atom. The molecule has 5 nitrogen and oxygen atoms in total. The second-order valence-electron chi connectivity index (χ2n) is 5.96. The third kappa shape index (κ3) is 3.70. The topological polar surface area (TPSA) is 96.0 Å². The fourth-order valence-corrected chi connectivity index (χ4v) is 2.85. The van der Waals surface area contributed by atoms with Gasteiger partial charge in [-0.15, -0.1) is 0 Å². The number of nitriles is 1. The molecule has 26 heavy (non-hydrogen) atoms. The summed E-state index contributed by atoms with van der Waals surface area (Å²) in [4.78, 5) is 24.3. The van der Waals surface area contributed by atoms with E-state index in [0.717, 1.165) is 16.3 Å². The molecule has 0 aliphatic heterocycles. The fourth-order valence-electron chi connectivity index (χ4n) is 2.85. The number of amides is 2. The number of hydrogen-bond acceptors (Lipinski definition) is 3. The van der Waals surface area contributed by atoms with E-state index in [1.54, 1.807) is 24.3 Å². The summed E-state index contributed by atoms with van der Waals surface area (Å²) in [7, 11) is 0. The molecule has 0 radical (unpaired) electrons. The van der Waals surface area contributed by atoms with Gasteiger partial charge in [0.25, 0.3) is 5.91 Å². The predicted octanol–water partition coefficient (Wildman–Crippen LogP) is 2.54. The van der Waals surface area contributed by atoms with Crippen molar-refractivity contribution in [2.75, 3.05) is 0 Å². The molecule has 3 aromatic rings. The number of fused-ring (bicyclic) bond motifs is 1. The summed E-state index contributed by atoms with van der Waals surface area (Å²) in [6.07, 6.45) is 0.304. The molecular formula is C21H17N3O2. The minimum atomic E-state index is -0.830. The van der Waals surface area contributed by atoms with E-state index in [4.69, 9.17) is 11.0 Å². The summed E-state index contributed by atoms with van der Waals surface area (Å²) >= 11 is 0. The second-order valence-corrected chi connectivity index (χ2v) is 5.96. The number of rotatable bonds is 5. The molecule has 128 valence electrons. The van der Waals surface area contributed by atoms with Crippen molar-refractivity contribution in [3.63, 3.8) is 0 Å². The normalized spacial score (nSPS) is 11.5. The molecule has 0 aliphatic rings. The number of benzene rings is 3. The van der Waals surface area contributed by atoms with Crippen molar-refractivity contribution in [1.82, 2.24) is 5.32 Å². The first-order chi connectivity index (χ1) is 12.6. The average Bonchev–Trinajstić information content (AvgIpc) is 2.67. The molecule has 0 aromatic heterocycles. The van der Waals surface area contributed by atoms with Crippen LogP contribution in [0.4, 0.5) is 0 Å². The minimum Gasteiger partial charge on any atom is -0.368 e. The summed E-state index contributed by atoms with van der Waals surface area (Å²) in [5.74, 6) is -1.00. The zero-order valence-corrected chi connectivity index (χ0v) is 14.0. The SMILES string of the molecule is N#Cc1ccc(C(=O)N[C@@H](Cc2cccc3ccccc23)C(N)=O)cc1. The first kappa shape index (κ1) is 17.2. The van der Waals surface area contributed by atoms with Gasteiger partial charge in [-0.25, -0.2) is 0 Å². The lowest BCUT2D eigenvalue weighted by Gasteiger charge is -2.17. The van der Waals surface area contributed by atoms with Gasteiger partial charge >= 0.3 is 0 Å². The van der Waals surface area contributed by atoms with Gasteiger partial charge in [-0.3, -0.25) is 9.59 Å². The van der Waals surface area contributed by atoms with Crippen molar-refractivity contribution >= 4 is 22.6 Å². The molecule has 1 atom stereocenters. The maximum absolute atomic E-state index is 12.4. The van der Waals surface area contributed by atoms with Gasteiger partial charge in [0.1, 0.15) is 6.04 Å². The van der Waals surface area contributed by atoms with Gasteiger partial charge in [-0.1, -0.05) is 42.5 Å². The molecule has 0 spiro atoms. The quantitative estimate of drug-likeness (QED) is 0.745. The molecule has 0 unspecified atom stereocenters. The first-order valence-corrected chi connectivity index (χ1v) is 8.15. The van der Waals surface area contributed by atoms with Crippen LogP contribution in [0, 0.1) is 11.3 Å². The Balaban J connectivity index is 1.82. The van der Waals surface area contributed by atoms with Gasteiger partial charge < -0.3 is 11.1 Å². The summed E-state index contributed by atoms with van der Waals surface area (Å²) in [6.45, 7) is 0. The molecule has 0 saturated carbocycles. The van der Waals surface area contributed by atoms with E-state index >= 15 is 0 Å². The fraction of sp³-hybridized carbons (Fsp3) is 0.0952. The first-order valence-electron chi connectivity index (χ1n) is 8.15. The Kier molecular flexibility index (Phi) is 4.95. The van der Waals surface area contributed by atoms with E-state index < -0.39 is 17.9 Å². The smallest absolute Gasteiger partial charge is 0.251 e. The van der Waals surface area contributed by atoms with Crippen LogP contribution < -0.4 is 11.1 Å². The van der Waals surface area contributed by atoms with Gasteiger partial charge in [-0.2, -0.15) is 5.26 Å². The standard InChI is InChI=1S/C21H17N3O2/c22-13-14-8-10-16(11-9-14)21(26)24-19(20(23)25)12-17-6-3-5-15-4-1-2-7-18(15)17/h1-11,19H,12H2,(H2,23,25)(H,24,26)/t19-/m0/s1. The van der Waals surface area contributed by atoms with Crippen molar-refractivity contribution in [3.05, 3.63) is 83.4 Å². The van der Waals surface area contributed by atoms with Crippen LogP contribution in [0.3, 0.4) is 0 Å². The maximum Gasteiger partial charge on any atom is 0.251 e. The predicted molar refractivity (Wildman–Crippen MR) is 99.3 cm³/mol. The van der Waals surface area contributed by atoms with Crippen LogP contribution in [-0.4, -0.2) is 17.9 Å². The highest BCUT2D eigenvalue weighted by Gasteiger charge is 2.20. The second kappa shape index (κ2) is 7.49. The molecule has 0 fully saturated rings. The van der Waals surface area contributed by atoms with Crippen LogP contribution in [0.25, 0.3) is 10.8 Å². The minimum absolute atomic E-state index is 0.304. The van der Waals surface area contributed by atoms with Crippen molar-refractivity contribution in [2.24, 2.45) is 5.73 Å². The Labute approximate surface area is 151 Å². The number of nitrogens with zero attached hydrogens (tertiary/aromatic N) is 1. The van der Waals surface area contributed by atoms with Crippen LogP contribution in [0.2, 0.25) is 0 Å². The number of nitrogens with two attached hydrogens (primary N) is 1. The van der Waals surface area contributed by atoms with Crippen LogP contribution >= 0.6 is 0 Å². The van der Waals surface area contributed by atoms with E-state index in [9.17, 15) is 9.59 Å². The maximum atomic E-state index is 12.4. The van der Waals surface area contributed by atoms with Crippen molar-refractivity contribution in [2.45, 2.75) is 12.5 Å². The Hall–Kier alpha value is -3.65. The largest absolute Gasteiger partial charge is 0.368 e. The third-order valence-electron chi connectivity index (χ3n) is 4.23. The van der Waals surface area contributed by atoms with Crippen molar-refractivity contribution < 1.29 is 9.59 Å². The Bertz CT molecular complexity index is 998. The number of carbonyl (C=O) groups is 2. The van der Waals surface area contributed by atoms with E-state index in [1.165, 1.54) is 0 Å². The van der Waals surface area contributed by atoms with Crippen molar-refractivity contribution in [3.8, 4) is 6.07 Å². The van der Waals surface area contributed by atoms with E-state index in [2.05, 4.69) is 5.32 Å². The van der Waals surface area contributed by atoms with Crippen LogP contribution in [0.1, 0.15) is 21.5 Å². The van der Waals surface area contributed by atoms with Gasteiger partial charge in [0.05, 0.1) is 11.6 Å². The van der Waals surface area contributed by atoms with Gasteiger partial charge in [0.2, 0.25) is 5.91 Å². The number of nitrogens with one attached hydrogen (secondary N) is 1. The molecule has 0 bridgehead atoms. The lowest BCUT2D eigenvalue weighted by molar-refractivity contribution is -0.119. The number of hydrogen-bond donors (Lipinski definition) is 2. The molecule has 3 aromatic carbocycles. The highest BCUT2D eigenvalue weighted by Crippen LogP contribution is 2.20. The molecular weight excluding hydrogens is 326 g/mol. The van der Waals surface area contributed by atoms with E-state index in [1.807, 2.05) is 48.5 Å². The highest BCUT2D eigenvalue weighted by molar-refractivity contribution is 5.97. The molecule has 3 rings (SSSR count). The summed E-state index contributed by atoms with van der Waals surface area (Å²) < 4.78 is 0. The average molecular weight is 343 g/mol. The molecule has 0 saturated heterocycles. The van der Waals surface area contributed by atoms with E-state index in [-0.39, 0.29) is 0 Å². The van der Waals surface area contributed by atoms with E-state index in [0.29, 0.717) is 17.5 Å². The Morgan fingerprint density at radius 2 is 1.69 bits per heavy atom. The van der Waals surface area contributed by atoms with Gasteiger partial charge in [-0.05, 0) is 40.6 Å². The van der Waals surface area contributed by atoms with Crippen LogP contribution in [-0.2, 0) is 11.2 Å². The molecule has 3 N–H and O–H groups in total. The monoisotopic (exact) mass is 343 g/mol. The lowest BCUT2D eigenvalue weighted by Crippen LogP contribution is -2.45. The van der Waals surface area contributed by atoms with Crippen LogP contribution in [0.5, 0.6) is 0 Å². The zero-order chi connectivity index (χ0) is 18.5. The summed E-state index contributed by atoms with van der Waals surface area (Å²) in [5, 5.41) is 13.6. The molecule has 5 heteroatoms. The molecule has 0 heterocycles. The third-order valence-corrected chi connectivity index (χ3v) is 4.23. The molecule has 0 aliphatic carbocycles. The zero-order valence-electron chi connectivity index (χ0n) is 14.0. The highest BCUT2D eigenvalue weighted by atomic mass is 16.2. The summed E-state index contributed by atoms with van der Waals surface area (Å²) in [5.41, 5.74) is 7.27. The van der Waals surface area contributed by atoms with Gasteiger partial charge in [0.15, 0.2) is 0 Å². The van der Waals surface area contributed by atoms with Gasteiger partial charge in [0, 0.05) is 12.0 Å². The van der Waals surface area contributed by atoms with Crippen molar-refractivity contribution in [1.29, 1.82) is 5.26 Å². The van der Waals surface area contributed by atoms with Crippen LogP contribution in [0.15, 0.2) is 66.7 Å². The lowest BCUT2D eigenvalue weighted by atomic mass is 9.98. The summed E-state index contributed by atoms with van der Waals surface area (Å²) in [6, 6.07) is 21.0. The molecule has 2 amide bonds.